The number of carbonyl (C=O) groups is 1. The molecule has 0 bridgehead atoms. The van der Waals surface area contributed by atoms with Gasteiger partial charge in [-0.05, 0) is 30.6 Å². The van der Waals surface area contributed by atoms with Crippen LogP contribution in [-0.2, 0) is 4.79 Å². The largest absolute Gasteiger partial charge is 0.354 e. The van der Waals surface area contributed by atoms with Gasteiger partial charge in [-0.1, -0.05) is 33.6 Å². The molecule has 3 nitrogen and oxygen atoms in total. The number of nitrogens with one attached hydrogen (secondary N) is 1. The predicted octanol–water partition coefficient (Wildman–Crippen LogP) is 2.48. The molecule has 4 heteroatoms. The van der Waals surface area contributed by atoms with Crippen LogP contribution in [0.1, 0.15) is 52.9 Å². The van der Waals surface area contributed by atoms with Gasteiger partial charge >= 0.3 is 0 Å². The van der Waals surface area contributed by atoms with E-state index in [0.717, 1.165) is 13.0 Å². The highest BCUT2D eigenvalue weighted by atomic mass is 35.5. The summed E-state index contributed by atoms with van der Waals surface area (Å²) in [6.45, 7) is 6.99. The Labute approximate surface area is 111 Å². The van der Waals surface area contributed by atoms with Crippen molar-refractivity contribution in [1.82, 2.24) is 5.32 Å². The van der Waals surface area contributed by atoms with Crippen LogP contribution in [0.25, 0.3) is 0 Å². The van der Waals surface area contributed by atoms with Crippen LogP contribution < -0.4 is 11.1 Å². The zero-order valence-corrected chi connectivity index (χ0v) is 12.1. The molecule has 0 aromatic rings. The molecule has 1 rings (SSSR count). The first-order valence-corrected chi connectivity index (χ1v) is 6.54. The third-order valence-electron chi connectivity index (χ3n) is 4.07. The molecule has 1 aliphatic carbocycles. The fourth-order valence-corrected chi connectivity index (χ4v) is 2.48. The quantitative estimate of drug-likeness (QED) is 0.800. The number of rotatable bonds is 5. The molecule has 1 unspecified atom stereocenters. The summed E-state index contributed by atoms with van der Waals surface area (Å²) in [5, 5.41) is 3.03. The third kappa shape index (κ3) is 4.47. The lowest BCUT2D eigenvalue weighted by atomic mass is 9.83. The summed E-state index contributed by atoms with van der Waals surface area (Å²) in [6, 6.07) is -0.365. The lowest BCUT2D eigenvalue weighted by molar-refractivity contribution is -0.123. The zero-order chi connectivity index (χ0) is 12.2. The van der Waals surface area contributed by atoms with Gasteiger partial charge in [0.1, 0.15) is 0 Å². The first kappa shape index (κ1) is 16.7. The lowest BCUT2D eigenvalue weighted by Crippen LogP contribution is -2.47. The Balaban J connectivity index is 0.00000256. The van der Waals surface area contributed by atoms with E-state index in [1.807, 2.05) is 13.8 Å². The number of nitrogens with two attached hydrogens (primary N) is 1. The van der Waals surface area contributed by atoms with Crippen LogP contribution in [0.15, 0.2) is 0 Å². The summed E-state index contributed by atoms with van der Waals surface area (Å²) in [6.07, 6.45) is 6.27. The Kier molecular flexibility index (Phi) is 7.10. The van der Waals surface area contributed by atoms with Crippen LogP contribution in [-0.4, -0.2) is 18.5 Å². The topological polar surface area (TPSA) is 55.1 Å². The van der Waals surface area contributed by atoms with E-state index < -0.39 is 0 Å². The zero-order valence-electron chi connectivity index (χ0n) is 11.3. The highest BCUT2D eigenvalue weighted by Crippen LogP contribution is 2.40. The maximum Gasteiger partial charge on any atom is 0.237 e. The lowest BCUT2D eigenvalue weighted by Gasteiger charge is -2.28. The first-order valence-electron chi connectivity index (χ1n) is 6.54. The maximum absolute atomic E-state index is 11.8. The van der Waals surface area contributed by atoms with Gasteiger partial charge in [-0.15, -0.1) is 12.4 Å². The average Bonchev–Trinajstić information content (AvgIpc) is 2.74. The van der Waals surface area contributed by atoms with Crippen molar-refractivity contribution in [2.45, 2.75) is 58.9 Å². The second-order valence-electron chi connectivity index (χ2n) is 5.55. The fourth-order valence-electron chi connectivity index (χ4n) is 2.48. The summed E-state index contributed by atoms with van der Waals surface area (Å²) in [7, 11) is 0. The number of halogens is 1. The van der Waals surface area contributed by atoms with Crippen molar-refractivity contribution in [3.05, 3.63) is 0 Å². The Bertz CT molecular complexity index is 238. The number of hydrogen-bond acceptors (Lipinski definition) is 2. The van der Waals surface area contributed by atoms with Crippen molar-refractivity contribution in [3.63, 3.8) is 0 Å². The number of carbonyl (C=O) groups excluding carboxylic acids is 1. The van der Waals surface area contributed by atoms with E-state index in [4.69, 9.17) is 5.73 Å². The molecule has 1 atom stereocenters. The molecule has 0 heterocycles. The van der Waals surface area contributed by atoms with Gasteiger partial charge in [-0.25, -0.2) is 0 Å². The van der Waals surface area contributed by atoms with Crippen LogP contribution in [0.3, 0.4) is 0 Å². The normalized spacial score (nSPS) is 19.8. The minimum Gasteiger partial charge on any atom is -0.354 e. The number of hydrogen-bond donors (Lipinski definition) is 2. The Morgan fingerprint density at radius 2 is 1.88 bits per heavy atom. The van der Waals surface area contributed by atoms with Crippen molar-refractivity contribution in [2.75, 3.05) is 6.54 Å². The van der Waals surface area contributed by atoms with Crippen molar-refractivity contribution in [1.29, 1.82) is 0 Å². The monoisotopic (exact) mass is 262 g/mol. The van der Waals surface area contributed by atoms with E-state index in [9.17, 15) is 4.79 Å². The Hall–Kier alpha value is -0.280. The van der Waals surface area contributed by atoms with Crippen LogP contribution in [0.2, 0.25) is 0 Å². The standard InChI is InChI=1S/C13H26N2O.ClH/c1-4-13(7-5-6-8-13)9-15-12(16)11(14)10(2)3;/h10-11H,4-9,14H2,1-3H3,(H,15,16);1H. The van der Waals surface area contributed by atoms with Crippen LogP contribution in [0.5, 0.6) is 0 Å². The van der Waals surface area contributed by atoms with Gasteiger partial charge in [0.15, 0.2) is 0 Å². The van der Waals surface area contributed by atoms with E-state index in [0.29, 0.717) is 5.41 Å². The summed E-state index contributed by atoms with van der Waals surface area (Å²) in [5.41, 5.74) is 6.17. The smallest absolute Gasteiger partial charge is 0.237 e. The van der Waals surface area contributed by atoms with E-state index in [-0.39, 0.29) is 30.3 Å². The van der Waals surface area contributed by atoms with Crippen LogP contribution in [0.4, 0.5) is 0 Å². The van der Waals surface area contributed by atoms with E-state index >= 15 is 0 Å². The fraction of sp³-hybridized carbons (Fsp3) is 0.923. The molecule has 102 valence electrons. The van der Waals surface area contributed by atoms with Gasteiger partial charge in [0.05, 0.1) is 6.04 Å². The second-order valence-corrected chi connectivity index (χ2v) is 5.55. The van der Waals surface area contributed by atoms with Gasteiger partial charge in [0.2, 0.25) is 5.91 Å². The maximum atomic E-state index is 11.8. The van der Waals surface area contributed by atoms with Gasteiger partial charge in [-0.2, -0.15) is 0 Å². The molecule has 0 aromatic heterocycles. The van der Waals surface area contributed by atoms with Gasteiger partial charge in [-0.3, -0.25) is 4.79 Å². The van der Waals surface area contributed by atoms with Gasteiger partial charge in [0, 0.05) is 6.54 Å². The Morgan fingerprint density at radius 3 is 2.29 bits per heavy atom. The summed E-state index contributed by atoms with van der Waals surface area (Å²) < 4.78 is 0. The molecule has 1 fully saturated rings. The van der Waals surface area contributed by atoms with E-state index in [1.54, 1.807) is 0 Å². The van der Waals surface area contributed by atoms with Gasteiger partial charge in [0.25, 0.3) is 0 Å². The van der Waals surface area contributed by atoms with Crippen molar-refractivity contribution in [3.8, 4) is 0 Å². The molecule has 0 aliphatic heterocycles. The molecule has 17 heavy (non-hydrogen) atoms. The van der Waals surface area contributed by atoms with Crippen LogP contribution in [0, 0.1) is 11.3 Å². The van der Waals surface area contributed by atoms with Gasteiger partial charge < -0.3 is 11.1 Å². The highest BCUT2D eigenvalue weighted by Gasteiger charge is 2.32. The molecule has 0 saturated heterocycles. The molecule has 0 aromatic carbocycles. The minimum absolute atomic E-state index is 0. The van der Waals surface area contributed by atoms with Crippen molar-refractivity contribution >= 4 is 18.3 Å². The highest BCUT2D eigenvalue weighted by molar-refractivity contribution is 5.85. The van der Waals surface area contributed by atoms with Crippen molar-refractivity contribution < 1.29 is 4.79 Å². The summed E-state index contributed by atoms with van der Waals surface area (Å²) >= 11 is 0. The van der Waals surface area contributed by atoms with Crippen molar-refractivity contribution in [2.24, 2.45) is 17.1 Å². The SMILES string of the molecule is CCC1(CNC(=O)C(N)C(C)C)CCCC1.Cl. The Morgan fingerprint density at radius 1 is 1.35 bits per heavy atom. The summed E-state index contributed by atoms with van der Waals surface area (Å²) in [4.78, 5) is 11.8. The molecular formula is C13H27ClN2O. The van der Waals surface area contributed by atoms with E-state index in [1.165, 1.54) is 25.7 Å². The molecule has 1 saturated carbocycles. The number of amides is 1. The molecule has 1 aliphatic rings. The van der Waals surface area contributed by atoms with E-state index in [2.05, 4.69) is 12.2 Å². The molecule has 1 amide bonds. The molecule has 3 N–H and O–H groups in total. The second kappa shape index (κ2) is 7.22. The molecule has 0 spiro atoms. The minimum atomic E-state index is -0.365. The first-order chi connectivity index (χ1) is 7.51. The van der Waals surface area contributed by atoms with Crippen LogP contribution >= 0.6 is 12.4 Å². The third-order valence-corrected chi connectivity index (χ3v) is 4.07. The average molecular weight is 263 g/mol. The molecule has 0 radical (unpaired) electrons. The summed E-state index contributed by atoms with van der Waals surface area (Å²) in [5.74, 6) is 0.218. The molecular weight excluding hydrogens is 236 g/mol. The predicted molar refractivity (Wildman–Crippen MR) is 74.3 cm³/mol.